The summed E-state index contributed by atoms with van der Waals surface area (Å²) in [4.78, 5) is 12.0. The van der Waals surface area contributed by atoms with Gasteiger partial charge in [0.2, 0.25) is 15.9 Å². The Labute approximate surface area is 166 Å². The number of anilines is 1. The molecule has 0 spiro atoms. The van der Waals surface area contributed by atoms with Gasteiger partial charge in [0.25, 0.3) is 0 Å². The summed E-state index contributed by atoms with van der Waals surface area (Å²) in [5.74, 6) is -1.41. The number of amides is 1. The zero-order valence-electron chi connectivity index (χ0n) is 15.3. The van der Waals surface area contributed by atoms with E-state index in [4.69, 9.17) is 0 Å². The lowest BCUT2D eigenvalue weighted by molar-refractivity contribution is -0.116. The topological polar surface area (TPSA) is 66.5 Å². The highest BCUT2D eigenvalue weighted by molar-refractivity contribution is 7.92. The molecule has 5 nitrogen and oxygen atoms in total. The Balaban J connectivity index is 1.65. The number of hydrogen-bond acceptors (Lipinski definition) is 3. The van der Waals surface area contributed by atoms with Gasteiger partial charge in [0.1, 0.15) is 0 Å². The molecule has 1 amide bonds. The molecule has 1 N–H and O–H groups in total. The van der Waals surface area contributed by atoms with Crippen molar-refractivity contribution in [3.05, 3.63) is 71.8 Å². The van der Waals surface area contributed by atoms with E-state index in [2.05, 4.69) is 5.32 Å². The average molecular weight is 424 g/mol. The average Bonchev–Trinajstić information content (AvgIpc) is 3.11. The van der Waals surface area contributed by atoms with Crippen LogP contribution in [0, 0.1) is 0 Å². The molecule has 0 aliphatic carbocycles. The van der Waals surface area contributed by atoms with E-state index >= 15 is 0 Å². The first-order valence-corrected chi connectivity index (χ1v) is 10.5. The highest BCUT2D eigenvalue weighted by Gasteiger charge is 2.35. The number of benzene rings is 2. The molecular weight excluding hydrogens is 405 g/mol. The number of nitrogens with zero attached hydrogens (tertiary/aromatic N) is 1. The Morgan fingerprint density at radius 2 is 1.72 bits per heavy atom. The third-order valence-electron chi connectivity index (χ3n) is 4.51. The molecule has 0 radical (unpaired) electrons. The molecule has 0 fully saturated rings. The summed E-state index contributed by atoms with van der Waals surface area (Å²) in [6.45, 7) is 0.0119. The van der Waals surface area contributed by atoms with Gasteiger partial charge in [-0.3, -0.25) is 9.10 Å². The lowest BCUT2D eigenvalue weighted by Gasteiger charge is -2.19. The molecule has 0 aromatic heterocycles. The predicted octanol–water partition coefficient (Wildman–Crippen LogP) is 3.14. The van der Waals surface area contributed by atoms with E-state index in [0.717, 1.165) is 5.56 Å². The van der Waals surface area contributed by atoms with Gasteiger partial charge in [0, 0.05) is 19.2 Å². The predicted molar refractivity (Wildman–Crippen MR) is 105 cm³/mol. The Bertz CT molecular complexity index is 1020. The van der Waals surface area contributed by atoms with Crippen LogP contribution in [0.15, 0.2) is 60.7 Å². The van der Waals surface area contributed by atoms with Gasteiger partial charge in [-0.1, -0.05) is 48.5 Å². The van der Waals surface area contributed by atoms with Crippen molar-refractivity contribution in [1.29, 1.82) is 0 Å². The molecule has 2 aromatic rings. The van der Waals surface area contributed by atoms with Crippen molar-refractivity contribution < 1.29 is 26.4 Å². The molecule has 1 aliphatic heterocycles. The SMILES string of the molecule is O=C(/C=C(\c1ccccc1)C(F)(F)F)NCCS(=O)(=O)N1CCc2ccccc21. The van der Waals surface area contributed by atoms with Gasteiger partial charge >= 0.3 is 6.18 Å². The first kappa shape index (κ1) is 20.9. The molecule has 154 valence electrons. The van der Waals surface area contributed by atoms with E-state index in [-0.39, 0.29) is 12.1 Å². The van der Waals surface area contributed by atoms with Crippen LogP contribution in [0.3, 0.4) is 0 Å². The standard InChI is InChI=1S/C20H19F3N2O3S/c21-20(22,23)17(15-6-2-1-3-7-15)14-19(26)24-11-13-29(27,28)25-12-10-16-8-4-5-9-18(16)25/h1-9,14H,10-13H2,(H,24,26)/b17-14+. The van der Waals surface area contributed by atoms with Crippen molar-refractivity contribution in [2.75, 3.05) is 23.1 Å². The fourth-order valence-electron chi connectivity index (χ4n) is 3.14. The summed E-state index contributed by atoms with van der Waals surface area (Å²) in [5, 5.41) is 2.24. The minimum absolute atomic E-state index is 0.142. The maximum absolute atomic E-state index is 13.3. The number of fused-ring (bicyclic) bond motifs is 1. The summed E-state index contributed by atoms with van der Waals surface area (Å²) in [5.41, 5.74) is 0.284. The maximum Gasteiger partial charge on any atom is 0.417 e. The summed E-state index contributed by atoms with van der Waals surface area (Å²) in [6, 6.07) is 14.1. The van der Waals surface area contributed by atoms with Crippen molar-refractivity contribution >= 4 is 27.2 Å². The number of halogens is 3. The van der Waals surface area contributed by atoms with E-state index in [0.29, 0.717) is 24.7 Å². The lowest BCUT2D eigenvalue weighted by Crippen LogP contribution is -2.36. The van der Waals surface area contributed by atoms with Crippen LogP contribution in [-0.2, 0) is 21.2 Å². The van der Waals surface area contributed by atoms with Gasteiger partial charge in [0.05, 0.1) is 17.0 Å². The molecule has 2 aromatic carbocycles. The lowest BCUT2D eigenvalue weighted by atomic mass is 10.1. The van der Waals surface area contributed by atoms with Gasteiger partial charge in [-0.05, 0) is 23.6 Å². The van der Waals surface area contributed by atoms with Crippen molar-refractivity contribution in [2.45, 2.75) is 12.6 Å². The quantitative estimate of drug-likeness (QED) is 0.725. The molecule has 9 heteroatoms. The molecule has 3 rings (SSSR count). The highest BCUT2D eigenvalue weighted by atomic mass is 32.2. The second-order valence-electron chi connectivity index (χ2n) is 6.48. The minimum Gasteiger partial charge on any atom is -0.351 e. The van der Waals surface area contributed by atoms with Gasteiger partial charge in [-0.15, -0.1) is 0 Å². The number of para-hydroxylation sites is 1. The largest absolute Gasteiger partial charge is 0.417 e. The van der Waals surface area contributed by atoms with E-state index in [1.165, 1.54) is 28.6 Å². The van der Waals surface area contributed by atoms with E-state index in [1.807, 2.05) is 12.1 Å². The van der Waals surface area contributed by atoms with Crippen LogP contribution in [0.2, 0.25) is 0 Å². The first-order chi connectivity index (χ1) is 13.7. The second-order valence-corrected chi connectivity index (χ2v) is 8.49. The van der Waals surface area contributed by atoms with Crippen LogP contribution in [0.4, 0.5) is 18.9 Å². The maximum atomic E-state index is 13.3. The number of alkyl halides is 3. The molecular formula is C20H19F3N2O3S. The summed E-state index contributed by atoms with van der Waals surface area (Å²) < 4.78 is 66.2. The molecule has 0 saturated carbocycles. The zero-order chi connectivity index (χ0) is 21.1. The molecule has 0 saturated heterocycles. The fraction of sp³-hybridized carbons (Fsp3) is 0.250. The first-order valence-electron chi connectivity index (χ1n) is 8.89. The third-order valence-corrected chi connectivity index (χ3v) is 6.28. The zero-order valence-corrected chi connectivity index (χ0v) is 16.1. The van der Waals surface area contributed by atoms with Crippen LogP contribution in [0.25, 0.3) is 5.57 Å². The Kier molecular flexibility index (Phi) is 5.97. The van der Waals surface area contributed by atoms with Crippen LogP contribution in [0.1, 0.15) is 11.1 Å². The smallest absolute Gasteiger partial charge is 0.351 e. The summed E-state index contributed by atoms with van der Waals surface area (Å²) in [6.07, 6.45) is -3.67. The number of hydrogen-bond donors (Lipinski definition) is 1. The number of nitrogens with one attached hydrogen (secondary N) is 1. The van der Waals surface area contributed by atoms with Crippen molar-refractivity contribution in [3.63, 3.8) is 0 Å². The van der Waals surface area contributed by atoms with Crippen molar-refractivity contribution in [2.24, 2.45) is 0 Å². The van der Waals surface area contributed by atoms with Crippen LogP contribution < -0.4 is 9.62 Å². The Morgan fingerprint density at radius 1 is 1.07 bits per heavy atom. The van der Waals surface area contributed by atoms with Crippen LogP contribution in [-0.4, -0.2) is 39.3 Å². The van der Waals surface area contributed by atoms with Gasteiger partial charge < -0.3 is 5.32 Å². The minimum atomic E-state index is -4.72. The van der Waals surface area contributed by atoms with E-state index < -0.39 is 33.4 Å². The number of allylic oxidation sites excluding steroid dienone is 1. The summed E-state index contributed by atoms with van der Waals surface area (Å²) in [7, 11) is -3.70. The third kappa shape index (κ3) is 4.97. The highest BCUT2D eigenvalue weighted by Crippen LogP contribution is 2.33. The molecule has 0 bridgehead atoms. The number of carbonyl (C=O) groups excluding carboxylic acids is 1. The van der Waals surface area contributed by atoms with Crippen LogP contribution >= 0.6 is 0 Å². The molecule has 1 heterocycles. The van der Waals surface area contributed by atoms with E-state index in [1.54, 1.807) is 18.2 Å². The van der Waals surface area contributed by atoms with E-state index in [9.17, 15) is 26.4 Å². The monoisotopic (exact) mass is 424 g/mol. The Hall–Kier alpha value is -2.81. The normalized spacial score (nSPS) is 14.6. The van der Waals surface area contributed by atoms with Crippen molar-refractivity contribution in [3.8, 4) is 0 Å². The molecule has 0 atom stereocenters. The van der Waals surface area contributed by atoms with Gasteiger partial charge in [-0.25, -0.2) is 8.42 Å². The molecule has 1 aliphatic rings. The summed E-state index contributed by atoms with van der Waals surface area (Å²) >= 11 is 0. The fourth-order valence-corrected chi connectivity index (χ4v) is 4.57. The van der Waals surface area contributed by atoms with Crippen LogP contribution in [0.5, 0.6) is 0 Å². The van der Waals surface area contributed by atoms with Crippen molar-refractivity contribution in [1.82, 2.24) is 5.32 Å². The van der Waals surface area contributed by atoms with Gasteiger partial charge in [0.15, 0.2) is 0 Å². The number of rotatable bonds is 6. The second kappa shape index (κ2) is 8.28. The van der Waals surface area contributed by atoms with Gasteiger partial charge in [-0.2, -0.15) is 13.2 Å². The molecule has 0 unspecified atom stereocenters. The number of carbonyl (C=O) groups is 1. The Morgan fingerprint density at radius 3 is 2.41 bits per heavy atom. The molecule has 29 heavy (non-hydrogen) atoms. The number of sulfonamides is 1.